The maximum Gasteiger partial charge on any atom is 0.223 e. The average Bonchev–Trinajstić information content (AvgIpc) is 3.07. The van der Waals surface area contributed by atoms with Crippen molar-refractivity contribution in [3.05, 3.63) is 41.0 Å². The smallest absolute Gasteiger partial charge is 0.223 e. The first-order valence-corrected chi connectivity index (χ1v) is 9.23. The fourth-order valence-corrected chi connectivity index (χ4v) is 2.36. The Morgan fingerprint density at radius 3 is 2.74 bits per heavy atom. The van der Waals surface area contributed by atoms with Gasteiger partial charge in [-0.3, -0.25) is 0 Å². The summed E-state index contributed by atoms with van der Waals surface area (Å²) in [7, 11) is 0. The van der Waals surface area contributed by atoms with Crippen molar-refractivity contribution in [2.45, 2.75) is 40.8 Å². The number of guanidine groups is 1. The topological polar surface area (TPSA) is 93.8 Å². The van der Waals surface area contributed by atoms with Gasteiger partial charge in [0, 0.05) is 25.6 Å². The van der Waals surface area contributed by atoms with E-state index in [-0.39, 0.29) is 0 Å². The van der Waals surface area contributed by atoms with Crippen LogP contribution < -0.4 is 15.4 Å². The van der Waals surface area contributed by atoms with Crippen LogP contribution >= 0.6 is 0 Å². The van der Waals surface area contributed by atoms with Gasteiger partial charge < -0.3 is 24.6 Å². The van der Waals surface area contributed by atoms with E-state index in [9.17, 15) is 0 Å². The van der Waals surface area contributed by atoms with Crippen molar-refractivity contribution < 1.29 is 14.0 Å². The van der Waals surface area contributed by atoms with Crippen LogP contribution in [0.5, 0.6) is 5.75 Å². The molecule has 0 radical (unpaired) electrons. The van der Waals surface area contributed by atoms with E-state index >= 15 is 0 Å². The number of rotatable bonds is 10. The fourth-order valence-electron chi connectivity index (χ4n) is 2.36. The maximum absolute atomic E-state index is 5.88. The van der Waals surface area contributed by atoms with Crippen LogP contribution in [0.15, 0.2) is 27.7 Å². The summed E-state index contributed by atoms with van der Waals surface area (Å²) in [6, 6.07) is 6.13. The second-order valence-electron chi connectivity index (χ2n) is 5.93. The first-order chi connectivity index (χ1) is 13.1. The molecule has 0 amide bonds. The second kappa shape index (κ2) is 11.2. The predicted molar refractivity (Wildman–Crippen MR) is 104 cm³/mol. The van der Waals surface area contributed by atoms with E-state index in [1.807, 2.05) is 32.9 Å². The van der Waals surface area contributed by atoms with Gasteiger partial charge in [-0.15, -0.1) is 0 Å². The number of aryl methyl sites for hydroxylation is 2. The van der Waals surface area contributed by atoms with E-state index < -0.39 is 0 Å². The lowest BCUT2D eigenvalue weighted by atomic mass is 10.1. The highest BCUT2D eigenvalue weighted by atomic mass is 16.5. The lowest BCUT2D eigenvalue weighted by Gasteiger charge is -2.13. The van der Waals surface area contributed by atoms with Crippen LogP contribution in [-0.2, 0) is 17.8 Å². The van der Waals surface area contributed by atoms with Crippen molar-refractivity contribution in [1.82, 2.24) is 20.8 Å². The zero-order valence-electron chi connectivity index (χ0n) is 16.5. The molecule has 0 atom stereocenters. The third-order valence-electron chi connectivity index (χ3n) is 3.65. The summed E-state index contributed by atoms with van der Waals surface area (Å²) in [6.07, 6.45) is 0. The van der Waals surface area contributed by atoms with Crippen LogP contribution in [-0.4, -0.2) is 42.5 Å². The van der Waals surface area contributed by atoms with Crippen molar-refractivity contribution in [3.8, 4) is 5.75 Å². The molecule has 2 rings (SSSR count). The SMILES string of the molecule is CCNC(=NCc1ccc(C)cc1OCCOCC)NCc1noc(C)n1. The lowest BCUT2D eigenvalue weighted by Crippen LogP contribution is -2.37. The van der Waals surface area contributed by atoms with Gasteiger partial charge in [0.2, 0.25) is 5.89 Å². The van der Waals surface area contributed by atoms with E-state index in [0.29, 0.717) is 50.6 Å². The molecule has 27 heavy (non-hydrogen) atoms. The van der Waals surface area contributed by atoms with Gasteiger partial charge in [-0.1, -0.05) is 17.3 Å². The highest BCUT2D eigenvalue weighted by Gasteiger charge is 2.07. The van der Waals surface area contributed by atoms with Crippen LogP contribution in [0, 0.1) is 13.8 Å². The molecular weight excluding hydrogens is 346 g/mol. The molecule has 2 N–H and O–H groups in total. The molecule has 0 spiro atoms. The summed E-state index contributed by atoms with van der Waals surface area (Å²) in [5.41, 5.74) is 2.16. The second-order valence-corrected chi connectivity index (χ2v) is 5.93. The number of hydrogen-bond acceptors (Lipinski definition) is 6. The Hall–Kier alpha value is -2.61. The Balaban J connectivity index is 2.00. The largest absolute Gasteiger partial charge is 0.491 e. The normalized spacial score (nSPS) is 11.5. The van der Waals surface area contributed by atoms with Crippen LogP contribution in [0.2, 0.25) is 0 Å². The Labute approximate surface area is 160 Å². The predicted octanol–water partition coefficient (Wildman–Crippen LogP) is 2.36. The molecule has 0 bridgehead atoms. The molecule has 0 saturated heterocycles. The summed E-state index contributed by atoms with van der Waals surface area (Å²) >= 11 is 0. The maximum atomic E-state index is 5.88. The standard InChI is InChI=1S/C19H29N5O3/c1-5-20-19(22-13-18-23-15(4)27-24-18)21-12-16-8-7-14(3)11-17(16)26-10-9-25-6-2/h7-8,11H,5-6,9-10,12-13H2,1-4H3,(H2,20,21,22). The van der Waals surface area contributed by atoms with Crippen molar-refractivity contribution >= 4 is 5.96 Å². The fraction of sp³-hybridized carbons (Fsp3) is 0.526. The quantitative estimate of drug-likeness (QED) is 0.374. The minimum absolute atomic E-state index is 0.439. The number of benzene rings is 1. The highest BCUT2D eigenvalue weighted by Crippen LogP contribution is 2.21. The van der Waals surface area contributed by atoms with Gasteiger partial charge in [-0.05, 0) is 32.4 Å². The van der Waals surface area contributed by atoms with E-state index in [0.717, 1.165) is 23.4 Å². The molecule has 0 unspecified atom stereocenters. The summed E-state index contributed by atoms with van der Waals surface area (Å²) < 4.78 is 16.2. The van der Waals surface area contributed by atoms with Gasteiger partial charge in [0.15, 0.2) is 11.8 Å². The summed E-state index contributed by atoms with van der Waals surface area (Å²) in [4.78, 5) is 8.82. The van der Waals surface area contributed by atoms with E-state index in [4.69, 9.17) is 14.0 Å². The van der Waals surface area contributed by atoms with Crippen molar-refractivity contribution in [1.29, 1.82) is 0 Å². The minimum Gasteiger partial charge on any atom is -0.491 e. The Morgan fingerprint density at radius 2 is 2.04 bits per heavy atom. The molecule has 0 aliphatic carbocycles. The number of nitrogens with one attached hydrogen (secondary N) is 2. The van der Waals surface area contributed by atoms with Crippen molar-refractivity contribution in [2.75, 3.05) is 26.4 Å². The molecule has 0 saturated carbocycles. The van der Waals surface area contributed by atoms with Crippen LogP contribution in [0.3, 0.4) is 0 Å². The molecular formula is C19H29N5O3. The first-order valence-electron chi connectivity index (χ1n) is 9.23. The van der Waals surface area contributed by atoms with E-state index in [1.165, 1.54) is 0 Å². The number of aliphatic imine (C=N–C) groups is 1. The van der Waals surface area contributed by atoms with Gasteiger partial charge in [0.1, 0.15) is 12.4 Å². The van der Waals surface area contributed by atoms with E-state index in [1.54, 1.807) is 6.92 Å². The third-order valence-corrected chi connectivity index (χ3v) is 3.65. The molecule has 0 aliphatic heterocycles. The van der Waals surface area contributed by atoms with Gasteiger partial charge in [0.25, 0.3) is 0 Å². The molecule has 148 valence electrons. The zero-order valence-corrected chi connectivity index (χ0v) is 16.5. The summed E-state index contributed by atoms with van der Waals surface area (Å²) in [6.45, 7) is 11.3. The third kappa shape index (κ3) is 7.26. The Morgan fingerprint density at radius 1 is 1.19 bits per heavy atom. The summed E-state index contributed by atoms with van der Waals surface area (Å²) in [5.74, 6) is 2.65. The molecule has 8 nitrogen and oxygen atoms in total. The van der Waals surface area contributed by atoms with Gasteiger partial charge >= 0.3 is 0 Å². The molecule has 8 heteroatoms. The van der Waals surface area contributed by atoms with Gasteiger partial charge in [0.05, 0.1) is 19.7 Å². The Kier molecular flexibility index (Phi) is 8.57. The van der Waals surface area contributed by atoms with E-state index in [2.05, 4.69) is 31.8 Å². The lowest BCUT2D eigenvalue weighted by molar-refractivity contribution is 0.110. The molecule has 1 aromatic heterocycles. The molecule has 0 fully saturated rings. The number of nitrogens with zero attached hydrogens (tertiary/aromatic N) is 3. The van der Waals surface area contributed by atoms with Gasteiger partial charge in [-0.2, -0.15) is 4.98 Å². The molecule has 1 heterocycles. The Bertz CT molecular complexity index is 730. The van der Waals surface area contributed by atoms with Crippen LogP contribution in [0.4, 0.5) is 0 Å². The number of aromatic nitrogens is 2. The highest BCUT2D eigenvalue weighted by molar-refractivity contribution is 5.79. The van der Waals surface area contributed by atoms with Crippen molar-refractivity contribution in [2.24, 2.45) is 4.99 Å². The zero-order chi connectivity index (χ0) is 19.5. The number of hydrogen-bond donors (Lipinski definition) is 2. The van der Waals surface area contributed by atoms with Crippen LogP contribution in [0.1, 0.15) is 36.7 Å². The monoisotopic (exact) mass is 375 g/mol. The first kappa shape index (κ1) is 20.7. The summed E-state index contributed by atoms with van der Waals surface area (Å²) in [5, 5.41) is 10.3. The molecule has 2 aromatic rings. The average molecular weight is 375 g/mol. The molecule has 0 aliphatic rings. The molecule has 1 aromatic carbocycles. The van der Waals surface area contributed by atoms with Crippen LogP contribution in [0.25, 0.3) is 0 Å². The number of ether oxygens (including phenoxy) is 2. The minimum atomic E-state index is 0.439. The van der Waals surface area contributed by atoms with Crippen molar-refractivity contribution in [3.63, 3.8) is 0 Å². The van der Waals surface area contributed by atoms with Gasteiger partial charge in [-0.25, -0.2) is 4.99 Å².